The van der Waals surface area contributed by atoms with Gasteiger partial charge in [0.15, 0.2) is 0 Å². The number of benzene rings is 1. The Morgan fingerprint density at radius 3 is 2.61 bits per heavy atom. The fourth-order valence-corrected chi connectivity index (χ4v) is 1.23. The van der Waals surface area contributed by atoms with Gasteiger partial charge in [0.25, 0.3) is 0 Å². The number of hydrogen-bond donors (Lipinski definition) is 1. The van der Waals surface area contributed by atoms with Crippen LogP contribution in [0.3, 0.4) is 0 Å². The lowest BCUT2D eigenvalue weighted by Crippen LogP contribution is -2.37. The Hall–Kier alpha value is -1.82. The van der Waals surface area contributed by atoms with E-state index in [-0.39, 0.29) is 6.61 Å². The van der Waals surface area contributed by atoms with Crippen molar-refractivity contribution in [1.29, 1.82) is 0 Å². The zero-order valence-corrected chi connectivity index (χ0v) is 9.28. The molecule has 0 amide bonds. The van der Waals surface area contributed by atoms with Gasteiger partial charge in [0.2, 0.25) is 6.10 Å². The highest BCUT2D eigenvalue weighted by Gasteiger charge is 2.44. The molecule has 0 aliphatic rings. The highest BCUT2D eigenvalue weighted by molar-refractivity contribution is 5.75. The highest BCUT2D eigenvalue weighted by atomic mass is 19.4. The normalized spacial score (nSPS) is 12.9. The Balaban J connectivity index is 2.66. The molecule has 0 fully saturated rings. The van der Waals surface area contributed by atoms with E-state index in [1.165, 1.54) is 6.08 Å². The molecule has 0 aromatic heterocycles. The molecule has 6 heteroatoms. The minimum absolute atomic E-state index is 0.353. The van der Waals surface area contributed by atoms with Crippen LogP contribution in [-0.2, 0) is 16.1 Å². The zero-order chi connectivity index (χ0) is 13.8. The monoisotopic (exact) mass is 260 g/mol. The van der Waals surface area contributed by atoms with Gasteiger partial charge in [-0.1, -0.05) is 36.9 Å². The SMILES string of the molecule is C=Cc1ccccc1COC(=O)C(O)C(F)(F)F. The number of carbonyl (C=O) groups excluding carboxylic acids is 1. The van der Waals surface area contributed by atoms with E-state index in [4.69, 9.17) is 5.11 Å². The molecular formula is C12H11F3O3. The molecule has 0 aliphatic heterocycles. The Kier molecular flexibility index (Phi) is 4.49. The molecule has 1 aromatic carbocycles. The average molecular weight is 260 g/mol. The number of alkyl halides is 3. The maximum atomic E-state index is 12.0. The number of rotatable bonds is 4. The summed E-state index contributed by atoms with van der Waals surface area (Å²) in [4.78, 5) is 10.9. The van der Waals surface area contributed by atoms with Crippen molar-refractivity contribution >= 4 is 12.0 Å². The summed E-state index contributed by atoms with van der Waals surface area (Å²) in [6.45, 7) is 3.17. The molecular weight excluding hydrogens is 249 g/mol. The minimum Gasteiger partial charge on any atom is -0.459 e. The van der Waals surface area contributed by atoms with Crippen LogP contribution in [0.5, 0.6) is 0 Å². The van der Waals surface area contributed by atoms with Crippen LogP contribution in [0.25, 0.3) is 6.08 Å². The van der Waals surface area contributed by atoms with E-state index < -0.39 is 18.2 Å². The van der Waals surface area contributed by atoms with E-state index in [0.717, 1.165) is 0 Å². The van der Waals surface area contributed by atoms with Crippen molar-refractivity contribution in [3.8, 4) is 0 Å². The summed E-state index contributed by atoms with van der Waals surface area (Å²) in [5.41, 5.74) is 1.15. The maximum Gasteiger partial charge on any atom is 0.425 e. The summed E-state index contributed by atoms with van der Waals surface area (Å²) < 4.78 is 40.4. The van der Waals surface area contributed by atoms with Crippen molar-refractivity contribution in [1.82, 2.24) is 0 Å². The fraction of sp³-hybridized carbons (Fsp3) is 0.250. The molecule has 1 aromatic rings. The van der Waals surface area contributed by atoms with E-state index in [0.29, 0.717) is 11.1 Å². The predicted octanol–water partition coefficient (Wildman–Crippen LogP) is 2.30. The van der Waals surface area contributed by atoms with E-state index in [1.54, 1.807) is 24.3 Å². The van der Waals surface area contributed by atoms with Crippen LogP contribution in [0.2, 0.25) is 0 Å². The quantitative estimate of drug-likeness (QED) is 0.845. The molecule has 3 nitrogen and oxygen atoms in total. The van der Waals surface area contributed by atoms with Crippen LogP contribution in [0.4, 0.5) is 13.2 Å². The number of halogens is 3. The fourth-order valence-electron chi connectivity index (χ4n) is 1.23. The van der Waals surface area contributed by atoms with Crippen LogP contribution in [0.15, 0.2) is 30.8 Å². The molecule has 0 radical (unpaired) electrons. The maximum absolute atomic E-state index is 12.0. The lowest BCUT2D eigenvalue weighted by atomic mass is 10.1. The first-order chi connectivity index (χ1) is 8.36. The van der Waals surface area contributed by atoms with E-state index in [1.807, 2.05) is 0 Å². The number of carbonyl (C=O) groups is 1. The van der Waals surface area contributed by atoms with Crippen LogP contribution >= 0.6 is 0 Å². The lowest BCUT2D eigenvalue weighted by Gasteiger charge is -2.14. The van der Waals surface area contributed by atoms with Crippen molar-refractivity contribution in [2.45, 2.75) is 18.9 Å². The summed E-state index contributed by atoms with van der Waals surface area (Å²) in [6, 6.07) is 6.63. The third kappa shape index (κ3) is 3.59. The molecule has 0 spiro atoms. The van der Waals surface area contributed by atoms with Crippen LogP contribution in [-0.4, -0.2) is 23.4 Å². The molecule has 0 aliphatic carbocycles. The number of esters is 1. The molecule has 0 saturated heterocycles. The minimum atomic E-state index is -5.02. The van der Waals surface area contributed by atoms with Crippen molar-refractivity contribution in [2.75, 3.05) is 0 Å². The molecule has 0 saturated carbocycles. The molecule has 98 valence electrons. The summed E-state index contributed by atoms with van der Waals surface area (Å²) in [7, 11) is 0. The van der Waals surface area contributed by atoms with Gasteiger partial charge in [-0.15, -0.1) is 0 Å². The van der Waals surface area contributed by atoms with Crippen molar-refractivity contribution < 1.29 is 27.8 Å². The van der Waals surface area contributed by atoms with Gasteiger partial charge in [0.1, 0.15) is 6.61 Å². The predicted molar refractivity (Wildman–Crippen MR) is 58.4 cm³/mol. The number of aliphatic hydroxyl groups is 1. The van der Waals surface area contributed by atoms with Crippen LogP contribution in [0.1, 0.15) is 11.1 Å². The molecule has 0 heterocycles. The summed E-state index contributed by atoms with van der Waals surface area (Å²) in [6.07, 6.45) is -6.65. The first kappa shape index (κ1) is 14.2. The highest BCUT2D eigenvalue weighted by Crippen LogP contribution is 2.21. The summed E-state index contributed by atoms with van der Waals surface area (Å²) in [5.74, 6) is -1.72. The standard InChI is InChI=1S/C12H11F3O3/c1-2-8-5-3-4-6-9(8)7-18-11(17)10(16)12(13,14)15/h2-6,10,16H,1,7H2. The van der Waals surface area contributed by atoms with Gasteiger partial charge in [-0.2, -0.15) is 13.2 Å². The van der Waals surface area contributed by atoms with E-state index in [9.17, 15) is 18.0 Å². The largest absolute Gasteiger partial charge is 0.459 e. The average Bonchev–Trinajstić information content (AvgIpc) is 2.34. The third-order valence-corrected chi connectivity index (χ3v) is 2.18. The molecule has 1 rings (SSSR count). The molecule has 1 unspecified atom stereocenters. The van der Waals surface area contributed by atoms with E-state index in [2.05, 4.69) is 11.3 Å². The Bertz CT molecular complexity index is 440. The first-order valence-corrected chi connectivity index (χ1v) is 4.98. The third-order valence-electron chi connectivity index (χ3n) is 2.18. The summed E-state index contributed by atoms with van der Waals surface area (Å²) >= 11 is 0. The van der Waals surface area contributed by atoms with Crippen LogP contribution in [0, 0.1) is 0 Å². The Morgan fingerprint density at radius 2 is 2.06 bits per heavy atom. The van der Waals surface area contributed by atoms with Crippen LogP contribution < -0.4 is 0 Å². The molecule has 1 atom stereocenters. The first-order valence-electron chi connectivity index (χ1n) is 4.98. The van der Waals surface area contributed by atoms with Gasteiger partial charge in [-0.25, -0.2) is 4.79 Å². The van der Waals surface area contributed by atoms with Gasteiger partial charge >= 0.3 is 12.1 Å². The van der Waals surface area contributed by atoms with Gasteiger partial charge < -0.3 is 9.84 Å². The van der Waals surface area contributed by atoms with Gasteiger partial charge in [0, 0.05) is 0 Å². The Morgan fingerprint density at radius 1 is 1.44 bits per heavy atom. The van der Waals surface area contributed by atoms with Gasteiger partial charge in [-0.3, -0.25) is 0 Å². The molecule has 1 N–H and O–H groups in total. The topological polar surface area (TPSA) is 46.5 Å². The number of ether oxygens (including phenoxy) is 1. The second kappa shape index (κ2) is 5.68. The zero-order valence-electron chi connectivity index (χ0n) is 9.28. The van der Waals surface area contributed by atoms with Gasteiger partial charge in [0.05, 0.1) is 0 Å². The van der Waals surface area contributed by atoms with E-state index >= 15 is 0 Å². The van der Waals surface area contributed by atoms with Crippen molar-refractivity contribution in [2.24, 2.45) is 0 Å². The smallest absolute Gasteiger partial charge is 0.425 e. The van der Waals surface area contributed by atoms with Crippen molar-refractivity contribution in [3.05, 3.63) is 42.0 Å². The molecule has 18 heavy (non-hydrogen) atoms. The Labute approximate surface area is 101 Å². The van der Waals surface area contributed by atoms with Gasteiger partial charge in [-0.05, 0) is 11.1 Å². The summed E-state index contributed by atoms with van der Waals surface area (Å²) in [5, 5.41) is 8.64. The number of hydrogen-bond acceptors (Lipinski definition) is 3. The van der Waals surface area contributed by atoms with Crippen molar-refractivity contribution in [3.63, 3.8) is 0 Å². The second-order valence-corrected chi connectivity index (χ2v) is 3.45. The second-order valence-electron chi connectivity index (χ2n) is 3.45. The molecule has 0 bridgehead atoms. The lowest BCUT2D eigenvalue weighted by molar-refractivity contribution is -0.218. The number of aliphatic hydroxyl groups excluding tert-OH is 1.